The molecule has 0 saturated carbocycles. The molecule has 4 aliphatic rings. The number of benzene rings is 7. The van der Waals surface area contributed by atoms with Gasteiger partial charge in [-0.2, -0.15) is 0 Å². The molecule has 3 aliphatic heterocycles. The Morgan fingerprint density at radius 1 is 0.607 bits per heavy atom. The molecular weight excluding hydrogens is 734 g/mol. The van der Waals surface area contributed by atoms with Crippen LogP contribution in [0.3, 0.4) is 0 Å². The fourth-order valence-electron chi connectivity index (χ4n) is 10.2. The van der Waals surface area contributed by atoms with Crippen LogP contribution in [0.5, 0.6) is 11.5 Å². The number of rotatable bonds is 4. The third-order valence-corrected chi connectivity index (χ3v) is 19.6. The molecule has 1 aliphatic carbocycles. The highest BCUT2D eigenvalue weighted by atomic mass is 32.2. The summed E-state index contributed by atoms with van der Waals surface area (Å²) < 4.78 is 8.52. The first kappa shape index (κ1) is 32.7. The standard InChI is InChI=1S/C50H36BNOS2Si/c1-3-14-35(15-4-1)56(36-16-5-2-6-17-36)48-29-26-33(38-32-54-45-22-10-7-18-37(38)45)30-40(48)51-39-28-27-34(31-44(39)53-43-21-13-25-49(56)50(43)51)52-41-19-8-11-23-46(41)55-47-24-12-9-20-42(47)52/h1-8,10-11,13-19,21-23,25-32H,9,12,20,24H2. The maximum atomic E-state index is 7.20. The molecule has 12 rings (SSSR count). The van der Waals surface area contributed by atoms with Gasteiger partial charge in [0.15, 0.2) is 8.07 Å². The minimum atomic E-state index is -2.81. The van der Waals surface area contributed by atoms with Crippen molar-refractivity contribution in [3.05, 3.63) is 180 Å². The summed E-state index contributed by atoms with van der Waals surface area (Å²) in [6.07, 6.45) is 4.74. The van der Waals surface area contributed by atoms with Gasteiger partial charge in [-0.25, -0.2) is 0 Å². The lowest BCUT2D eigenvalue weighted by Gasteiger charge is -2.45. The number of ether oxygens (including phenoxy) is 1. The summed E-state index contributed by atoms with van der Waals surface area (Å²) in [4.78, 5) is 5.38. The summed E-state index contributed by atoms with van der Waals surface area (Å²) in [7, 11) is -2.81. The molecule has 0 amide bonds. The van der Waals surface area contributed by atoms with E-state index >= 15 is 0 Å². The minimum Gasteiger partial charge on any atom is -0.458 e. The van der Waals surface area contributed by atoms with Crippen LogP contribution in [0.1, 0.15) is 25.7 Å². The zero-order chi connectivity index (χ0) is 36.8. The topological polar surface area (TPSA) is 12.5 Å². The molecule has 7 aromatic carbocycles. The molecule has 6 heteroatoms. The van der Waals surface area contributed by atoms with Gasteiger partial charge in [0.2, 0.25) is 0 Å². The first-order chi connectivity index (χ1) is 27.8. The predicted octanol–water partition coefficient (Wildman–Crippen LogP) is 8.91. The molecule has 0 atom stereocenters. The average molecular weight is 770 g/mol. The summed E-state index contributed by atoms with van der Waals surface area (Å²) >= 11 is 3.81. The van der Waals surface area contributed by atoms with Gasteiger partial charge in [-0.05, 0) is 98.6 Å². The number of hydrogen-bond acceptors (Lipinski definition) is 4. The lowest BCUT2D eigenvalue weighted by atomic mass is 9.35. The molecule has 0 saturated heterocycles. The molecule has 0 unspecified atom stereocenters. The summed E-state index contributed by atoms with van der Waals surface area (Å²) in [5, 5.41) is 9.34. The van der Waals surface area contributed by atoms with Crippen molar-refractivity contribution in [2.24, 2.45) is 0 Å². The maximum absolute atomic E-state index is 7.20. The van der Waals surface area contributed by atoms with E-state index in [-0.39, 0.29) is 6.71 Å². The van der Waals surface area contributed by atoms with Crippen LogP contribution in [0.4, 0.5) is 11.4 Å². The second-order valence-corrected chi connectivity index (χ2v) is 21.2. The van der Waals surface area contributed by atoms with Gasteiger partial charge in [0.05, 0.1) is 5.69 Å². The van der Waals surface area contributed by atoms with Crippen LogP contribution < -0.4 is 46.8 Å². The Morgan fingerprint density at radius 3 is 2.23 bits per heavy atom. The zero-order valence-electron chi connectivity index (χ0n) is 30.7. The number of thioether (sulfide) groups is 1. The Kier molecular flexibility index (Phi) is 7.44. The Morgan fingerprint density at radius 2 is 1.38 bits per heavy atom. The van der Waals surface area contributed by atoms with Crippen LogP contribution in [-0.2, 0) is 0 Å². The highest BCUT2D eigenvalue weighted by Gasteiger charge is 2.52. The molecule has 0 N–H and O–H groups in total. The first-order valence-corrected chi connectivity index (χ1v) is 23.4. The van der Waals surface area contributed by atoms with Gasteiger partial charge in [0, 0.05) is 42.9 Å². The van der Waals surface area contributed by atoms with Gasteiger partial charge in [-0.15, -0.1) is 11.3 Å². The number of hydrogen-bond donors (Lipinski definition) is 0. The van der Waals surface area contributed by atoms with Crippen molar-refractivity contribution in [1.29, 1.82) is 0 Å². The molecule has 1 aromatic heterocycles. The van der Waals surface area contributed by atoms with Crippen molar-refractivity contribution in [2.45, 2.75) is 30.6 Å². The second kappa shape index (κ2) is 12.8. The van der Waals surface area contributed by atoms with Crippen LogP contribution >= 0.6 is 23.1 Å². The molecule has 2 nitrogen and oxygen atoms in total. The van der Waals surface area contributed by atoms with Crippen LogP contribution in [0.2, 0.25) is 0 Å². The van der Waals surface area contributed by atoms with E-state index in [9.17, 15) is 0 Å². The SMILES string of the molecule is c1ccc([Si]2(c3ccccc3)c3ccc(-c4csc5ccccc45)cc3B3c4ccc(N5C6=C(CCCC6)Sc6ccccc65)cc4Oc4cccc2c43)cc1. The van der Waals surface area contributed by atoms with Crippen LogP contribution in [0, 0.1) is 0 Å². The lowest BCUT2D eigenvalue weighted by Crippen LogP contribution is -2.87. The predicted molar refractivity (Wildman–Crippen MR) is 242 cm³/mol. The Hall–Kier alpha value is -5.53. The molecule has 0 spiro atoms. The quantitative estimate of drug-likeness (QED) is 0.166. The van der Waals surface area contributed by atoms with Gasteiger partial charge < -0.3 is 9.64 Å². The number of fused-ring (bicyclic) bond motifs is 6. The molecule has 0 bridgehead atoms. The van der Waals surface area contributed by atoms with Crippen LogP contribution in [-0.4, -0.2) is 14.8 Å². The molecule has 8 aromatic rings. The van der Waals surface area contributed by atoms with Gasteiger partial charge in [-0.1, -0.05) is 145 Å². The third-order valence-electron chi connectivity index (χ3n) is 12.5. The smallest absolute Gasteiger partial charge is 0.250 e. The Labute approximate surface area is 337 Å². The maximum Gasteiger partial charge on any atom is 0.250 e. The molecule has 0 fully saturated rings. The van der Waals surface area contributed by atoms with Crippen LogP contribution in [0.15, 0.2) is 185 Å². The van der Waals surface area contributed by atoms with Crippen molar-refractivity contribution in [2.75, 3.05) is 4.90 Å². The van der Waals surface area contributed by atoms with E-state index in [2.05, 4.69) is 174 Å². The van der Waals surface area contributed by atoms with E-state index < -0.39 is 8.07 Å². The zero-order valence-corrected chi connectivity index (χ0v) is 33.4. The van der Waals surface area contributed by atoms with E-state index in [1.807, 2.05) is 23.1 Å². The first-order valence-electron chi connectivity index (χ1n) is 19.7. The van der Waals surface area contributed by atoms with Crippen molar-refractivity contribution < 1.29 is 4.74 Å². The number of allylic oxidation sites excluding steroid dienone is 2. The lowest BCUT2D eigenvalue weighted by molar-refractivity contribution is 0.488. The Bertz CT molecular complexity index is 2860. The molecule has 56 heavy (non-hydrogen) atoms. The minimum absolute atomic E-state index is 0.0283. The highest BCUT2D eigenvalue weighted by molar-refractivity contribution is 8.03. The van der Waals surface area contributed by atoms with Crippen molar-refractivity contribution in [1.82, 2.24) is 0 Å². The van der Waals surface area contributed by atoms with Crippen molar-refractivity contribution in [3.63, 3.8) is 0 Å². The van der Waals surface area contributed by atoms with E-state index in [0.29, 0.717) is 0 Å². The monoisotopic (exact) mass is 769 g/mol. The van der Waals surface area contributed by atoms with Gasteiger partial charge in [-0.3, -0.25) is 0 Å². The normalized spacial score (nSPS) is 16.0. The summed E-state index contributed by atoms with van der Waals surface area (Å²) in [6.45, 7) is 0.0283. The van der Waals surface area contributed by atoms with E-state index in [0.717, 1.165) is 24.3 Å². The third kappa shape index (κ3) is 4.70. The highest BCUT2D eigenvalue weighted by Crippen LogP contribution is 2.51. The van der Waals surface area contributed by atoms with Crippen molar-refractivity contribution >= 4 is 96.5 Å². The van der Waals surface area contributed by atoms with Crippen molar-refractivity contribution in [3.8, 4) is 22.6 Å². The fourth-order valence-corrected chi connectivity index (χ4v) is 17.6. The largest absolute Gasteiger partial charge is 0.458 e. The molecular formula is C50H36BNOS2Si. The number of thiophene rings is 1. The number of nitrogens with zero attached hydrogens (tertiary/aromatic N) is 1. The van der Waals surface area contributed by atoms with E-state index in [1.165, 1.54) is 98.1 Å². The molecule has 266 valence electrons. The van der Waals surface area contributed by atoms with Gasteiger partial charge >= 0.3 is 0 Å². The van der Waals surface area contributed by atoms with E-state index in [4.69, 9.17) is 4.74 Å². The molecule has 0 radical (unpaired) electrons. The summed E-state index contributed by atoms with van der Waals surface area (Å²) in [5.41, 5.74) is 10.4. The average Bonchev–Trinajstić information content (AvgIpc) is 3.70. The summed E-state index contributed by atoms with van der Waals surface area (Å²) in [6, 6.07) is 61.8. The van der Waals surface area contributed by atoms with E-state index in [1.54, 1.807) is 0 Å². The number of anilines is 2. The second-order valence-electron chi connectivity index (χ2n) is 15.4. The Balaban J connectivity index is 1.12. The van der Waals surface area contributed by atoms with Crippen LogP contribution in [0.25, 0.3) is 21.2 Å². The molecule has 4 heterocycles. The summed E-state index contributed by atoms with van der Waals surface area (Å²) in [5.74, 6) is 1.93. The number of para-hydroxylation sites is 1. The van der Waals surface area contributed by atoms with Gasteiger partial charge in [0.1, 0.15) is 11.5 Å². The van der Waals surface area contributed by atoms with Gasteiger partial charge in [0.25, 0.3) is 6.71 Å². The fraction of sp³-hybridized carbons (Fsp3) is 0.0800.